The third-order valence-corrected chi connectivity index (χ3v) is 1.74. The van der Waals surface area contributed by atoms with Crippen molar-refractivity contribution in [2.75, 3.05) is 0 Å². The number of hydrogen-bond acceptors (Lipinski definition) is 3. The van der Waals surface area contributed by atoms with Crippen molar-refractivity contribution in [3.05, 3.63) is 29.6 Å². The molecular formula is C11H18N2O2. The van der Waals surface area contributed by atoms with Crippen LogP contribution in [0.2, 0.25) is 0 Å². The molecule has 0 aromatic carbocycles. The van der Waals surface area contributed by atoms with E-state index < -0.39 is 5.97 Å². The summed E-state index contributed by atoms with van der Waals surface area (Å²) in [5, 5.41) is 7.42. The maximum Gasteiger partial charge on any atom is 0.300 e. The van der Waals surface area contributed by atoms with Gasteiger partial charge in [-0.2, -0.15) is 0 Å². The Hall–Kier alpha value is -1.42. The number of nitrogens with zero attached hydrogens (tertiary/aromatic N) is 1. The second kappa shape index (κ2) is 6.95. The molecule has 0 atom stereocenters. The lowest BCUT2D eigenvalue weighted by molar-refractivity contribution is -0.134. The van der Waals surface area contributed by atoms with Gasteiger partial charge in [0.1, 0.15) is 0 Å². The summed E-state index contributed by atoms with van der Waals surface area (Å²) < 4.78 is 0. The van der Waals surface area contributed by atoms with Gasteiger partial charge in [0, 0.05) is 19.7 Å². The first kappa shape index (κ1) is 13.6. The molecule has 0 aliphatic heterocycles. The fourth-order valence-electron chi connectivity index (χ4n) is 1.15. The summed E-state index contributed by atoms with van der Waals surface area (Å²) in [6, 6.07) is 4.04. The van der Waals surface area contributed by atoms with E-state index in [9.17, 15) is 0 Å². The van der Waals surface area contributed by atoms with Crippen LogP contribution in [0, 0.1) is 0 Å². The molecule has 0 bridgehead atoms. The summed E-state index contributed by atoms with van der Waals surface area (Å²) in [7, 11) is 0. The highest BCUT2D eigenvalue weighted by molar-refractivity contribution is 5.62. The van der Waals surface area contributed by atoms with Gasteiger partial charge in [-0.1, -0.05) is 19.9 Å². The van der Waals surface area contributed by atoms with Crippen LogP contribution in [0.4, 0.5) is 0 Å². The lowest BCUT2D eigenvalue weighted by atomic mass is 10.0. The molecule has 15 heavy (non-hydrogen) atoms. The molecule has 0 fully saturated rings. The highest BCUT2D eigenvalue weighted by Gasteiger charge is 2.03. The summed E-state index contributed by atoms with van der Waals surface area (Å²) in [6.45, 7) is 5.92. The van der Waals surface area contributed by atoms with Crippen LogP contribution in [0.1, 0.15) is 37.9 Å². The van der Waals surface area contributed by atoms with Gasteiger partial charge in [0.15, 0.2) is 0 Å². The molecular weight excluding hydrogens is 192 g/mol. The number of pyridine rings is 1. The van der Waals surface area contributed by atoms with Gasteiger partial charge in [0.05, 0.1) is 5.69 Å². The molecule has 0 unspecified atom stereocenters. The highest BCUT2D eigenvalue weighted by atomic mass is 16.4. The van der Waals surface area contributed by atoms with Crippen LogP contribution in [0.15, 0.2) is 18.3 Å². The van der Waals surface area contributed by atoms with Crippen molar-refractivity contribution in [3.8, 4) is 0 Å². The fourth-order valence-corrected chi connectivity index (χ4v) is 1.15. The van der Waals surface area contributed by atoms with Crippen molar-refractivity contribution in [2.24, 2.45) is 5.73 Å². The lowest BCUT2D eigenvalue weighted by Crippen LogP contribution is -2.04. The highest BCUT2D eigenvalue weighted by Crippen LogP contribution is 2.16. The summed E-state index contributed by atoms with van der Waals surface area (Å²) >= 11 is 0. The van der Waals surface area contributed by atoms with Gasteiger partial charge in [-0.05, 0) is 17.5 Å². The van der Waals surface area contributed by atoms with Crippen molar-refractivity contribution >= 4 is 5.97 Å². The van der Waals surface area contributed by atoms with Crippen molar-refractivity contribution in [3.63, 3.8) is 0 Å². The van der Waals surface area contributed by atoms with Gasteiger partial charge in [-0.3, -0.25) is 9.78 Å². The van der Waals surface area contributed by atoms with E-state index in [4.69, 9.17) is 15.6 Å². The standard InChI is InChI=1S/C9H14N2.C2H4O2/c1-7(2)8-4-3-5-11-9(8)6-10;1-2(3)4/h3-5,7H,6,10H2,1-2H3;1H3,(H,3,4). The van der Waals surface area contributed by atoms with E-state index in [0.717, 1.165) is 12.6 Å². The smallest absolute Gasteiger partial charge is 0.300 e. The van der Waals surface area contributed by atoms with Gasteiger partial charge >= 0.3 is 0 Å². The largest absolute Gasteiger partial charge is 0.481 e. The predicted molar refractivity (Wildman–Crippen MR) is 59.5 cm³/mol. The minimum Gasteiger partial charge on any atom is -0.481 e. The molecule has 0 saturated heterocycles. The van der Waals surface area contributed by atoms with E-state index in [-0.39, 0.29) is 0 Å². The Morgan fingerprint density at radius 1 is 1.60 bits per heavy atom. The second-order valence-corrected chi connectivity index (χ2v) is 3.42. The molecule has 4 nitrogen and oxygen atoms in total. The first-order chi connectivity index (χ1) is 6.99. The van der Waals surface area contributed by atoms with E-state index in [2.05, 4.69) is 24.9 Å². The maximum atomic E-state index is 9.00. The van der Waals surface area contributed by atoms with Gasteiger partial charge in [-0.25, -0.2) is 0 Å². The monoisotopic (exact) mass is 210 g/mol. The molecule has 0 spiro atoms. The summed E-state index contributed by atoms with van der Waals surface area (Å²) in [5.74, 6) is -0.317. The van der Waals surface area contributed by atoms with Crippen LogP contribution in [0.5, 0.6) is 0 Å². The average molecular weight is 210 g/mol. The maximum absolute atomic E-state index is 9.00. The summed E-state index contributed by atoms with van der Waals surface area (Å²) in [5.41, 5.74) is 7.80. The Balaban J connectivity index is 0.000000423. The summed E-state index contributed by atoms with van der Waals surface area (Å²) in [4.78, 5) is 13.2. The van der Waals surface area contributed by atoms with E-state index in [1.54, 1.807) is 6.20 Å². The van der Waals surface area contributed by atoms with E-state index >= 15 is 0 Å². The average Bonchev–Trinajstić information content (AvgIpc) is 2.16. The number of aromatic nitrogens is 1. The molecule has 1 rings (SSSR count). The number of hydrogen-bond donors (Lipinski definition) is 2. The zero-order valence-corrected chi connectivity index (χ0v) is 9.40. The fraction of sp³-hybridized carbons (Fsp3) is 0.455. The molecule has 1 aromatic rings. The number of carboxylic acid groups (broad SMARTS) is 1. The van der Waals surface area contributed by atoms with Crippen LogP contribution in [-0.2, 0) is 11.3 Å². The van der Waals surface area contributed by atoms with E-state index in [1.165, 1.54) is 5.56 Å². The molecule has 0 aliphatic rings. The predicted octanol–water partition coefficient (Wildman–Crippen LogP) is 1.75. The van der Waals surface area contributed by atoms with Crippen molar-refractivity contribution in [1.29, 1.82) is 0 Å². The molecule has 0 saturated carbocycles. The van der Waals surface area contributed by atoms with E-state index in [1.807, 2.05) is 6.07 Å². The van der Waals surface area contributed by atoms with Crippen LogP contribution in [-0.4, -0.2) is 16.1 Å². The van der Waals surface area contributed by atoms with Crippen LogP contribution < -0.4 is 5.73 Å². The number of nitrogens with two attached hydrogens (primary N) is 1. The Morgan fingerprint density at radius 3 is 2.47 bits per heavy atom. The third-order valence-electron chi connectivity index (χ3n) is 1.74. The molecule has 1 heterocycles. The number of carboxylic acids is 1. The summed E-state index contributed by atoms with van der Waals surface area (Å²) in [6.07, 6.45) is 1.79. The molecule has 1 aromatic heterocycles. The first-order valence-electron chi connectivity index (χ1n) is 4.82. The van der Waals surface area contributed by atoms with Gasteiger partial charge < -0.3 is 10.8 Å². The van der Waals surface area contributed by atoms with Gasteiger partial charge in [0.25, 0.3) is 5.97 Å². The van der Waals surface area contributed by atoms with Crippen molar-refractivity contribution in [1.82, 2.24) is 4.98 Å². The topological polar surface area (TPSA) is 76.2 Å². The molecule has 0 radical (unpaired) electrons. The number of aliphatic carboxylic acids is 1. The Labute approximate surface area is 90.1 Å². The third kappa shape index (κ3) is 5.80. The Morgan fingerprint density at radius 2 is 2.13 bits per heavy atom. The SMILES string of the molecule is CC(=O)O.CC(C)c1cccnc1CN. The van der Waals surface area contributed by atoms with Gasteiger partial charge in [0.2, 0.25) is 0 Å². The molecule has 0 amide bonds. The van der Waals surface area contributed by atoms with Crippen LogP contribution >= 0.6 is 0 Å². The number of rotatable bonds is 2. The number of carbonyl (C=O) groups is 1. The minimum atomic E-state index is -0.833. The van der Waals surface area contributed by atoms with Crippen LogP contribution in [0.25, 0.3) is 0 Å². The first-order valence-corrected chi connectivity index (χ1v) is 4.82. The minimum absolute atomic E-state index is 0.516. The van der Waals surface area contributed by atoms with Gasteiger partial charge in [-0.15, -0.1) is 0 Å². The molecule has 3 N–H and O–H groups in total. The van der Waals surface area contributed by atoms with Crippen molar-refractivity contribution in [2.45, 2.75) is 33.2 Å². The second-order valence-electron chi connectivity index (χ2n) is 3.42. The lowest BCUT2D eigenvalue weighted by Gasteiger charge is -2.08. The van der Waals surface area contributed by atoms with Crippen LogP contribution in [0.3, 0.4) is 0 Å². The normalized spacial score (nSPS) is 9.40. The Kier molecular flexibility index (Phi) is 6.29. The zero-order valence-electron chi connectivity index (χ0n) is 9.40. The molecule has 84 valence electrons. The molecule has 4 heteroatoms. The van der Waals surface area contributed by atoms with Crippen molar-refractivity contribution < 1.29 is 9.90 Å². The molecule has 0 aliphatic carbocycles. The van der Waals surface area contributed by atoms with E-state index in [0.29, 0.717) is 12.5 Å². The Bertz CT molecular complexity index is 307. The zero-order chi connectivity index (χ0) is 11.8. The quantitative estimate of drug-likeness (QED) is 0.779.